The molecule has 0 atom stereocenters. The Hall–Kier alpha value is -1.75. The minimum atomic E-state index is -0.229. The number of aromatic nitrogens is 4. The first-order chi connectivity index (χ1) is 8.43. The quantitative estimate of drug-likeness (QED) is 0.826. The SMILES string of the molecule is Cc1cccc(-n2nnnc2C(C)(C)N(C)C)c1. The molecule has 0 aliphatic heterocycles. The molecule has 1 aromatic carbocycles. The van der Waals surface area contributed by atoms with Gasteiger partial charge in [-0.2, -0.15) is 4.68 Å². The molecule has 0 radical (unpaired) electrons. The Morgan fingerprint density at radius 1 is 1.22 bits per heavy atom. The van der Waals surface area contributed by atoms with Crippen molar-refractivity contribution in [3.8, 4) is 5.69 Å². The first-order valence-electron chi connectivity index (χ1n) is 5.96. The van der Waals surface area contributed by atoms with Crippen molar-refractivity contribution in [2.45, 2.75) is 26.3 Å². The second-order valence-electron chi connectivity index (χ2n) is 5.21. The third-order valence-corrected chi connectivity index (χ3v) is 3.38. The minimum absolute atomic E-state index is 0.229. The van der Waals surface area contributed by atoms with Crippen LogP contribution in [0.1, 0.15) is 25.2 Å². The summed E-state index contributed by atoms with van der Waals surface area (Å²) >= 11 is 0. The first kappa shape index (κ1) is 12.7. The molecule has 1 aromatic heterocycles. The van der Waals surface area contributed by atoms with E-state index >= 15 is 0 Å². The zero-order chi connectivity index (χ0) is 13.3. The Morgan fingerprint density at radius 3 is 2.56 bits per heavy atom. The second-order valence-corrected chi connectivity index (χ2v) is 5.21. The van der Waals surface area contributed by atoms with Gasteiger partial charge in [0.1, 0.15) is 0 Å². The number of aryl methyl sites for hydroxylation is 1. The summed E-state index contributed by atoms with van der Waals surface area (Å²) in [6.45, 7) is 6.26. The van der Waals surface area contributed by atoms with Crippen LogP contribution in [0.15, 0.2) is 24.3 Å². The minimum Gasteiger partial charge on any atom is -0.297 e. The predicted octanol–water partition coefficient (Wildman–Crippen LogP) is 1.77. The largest absolute Gasteiger partial charge is 0.297 e. The number of nitrogens with zero attached hydrogens (tertiary/aromatic N) is 5. The van der Waals surface area contributed by atoms with Crippen LogP contribution in [0.2, 0.25) is 0 Å². The Labute approximate surface area is 107 Å². The lowest BCUT2D eigenvalue weighted by Gasteiger charge is -2.30. The van der Waals surface area contributed by atoms with Crippen molar-refractivity contribution in [3.63, 3.8) is 0 Å². The lowest BCUT2D eigenvalue weighted by Crippen LogP contribution is -2.38. The van der Waals surface area contributed by atoms with Gasteiger partial charge in [-0.25, -0.2) is 0 Å². The maximum atomic E-state index is 4.18. The lowest BCUT2D eigenvalue weighted by molar-refractivity contribution is 0.182. The molecule has 0 unspecified atom stereocenters. The van der Waals surface area contributed by atoms with Crippen LogP contribution in [0.5, 0.6) is 0 Å². The van der Waals surface area contributed by atoms with Crippen LogP contribution in [0.3, 0.4) is 0 Å². The fourth-order valence-corrected chi connectivity index (χ4v) is 1.70. The van der Waals surface area contributed by atoms with Gasteiger partial charge >= 0.3 is 0 Å². The molecule has 18 heavy (non-hydrogen) atoms. The molecule has 0 spiro atoms. The van der Waals surface area contributed by atoms with Crippen molar-refractivity contribution in [3.05, 3.63) is 35.7 Å². The van der Waals surface area contributed by atoms with Gasteiger partial charge in [0.15, 0.2) is 5.82 Å². The second kappa shape index (κ2) is 4.49. The molecule has 0 N–H and O–H groups in total. The zero-order valence-electron chi connectivity index (χ0n) is 11.5. The highest BCUT2D eigenvalue weighted by Gasteiger charge is 2.30. The summed E-state index contributed by atoms with van der Waals surface area (Å²) in [5.74, 6) is 0.832. The molecule has 5 nitrogen and oxygen atoms in total. The van der Waals surface area contributed by atoms with Crippen LogP contribution in [0.4, 0.5) is 0 Å². The Bertz CT molecular complexity index is 542. The van der Waals surface area contributed by atoms with E-state index in [1.54, 1.807) is 4.68 Å². The summed E-state index contributed by atoms with van der Waals surface area (Å²) in [6.07, 6.45) is 0. The summed E-state index contributed by atoms with van der Waals surface area (Å²) < 4.78 is 1.80. The van der Waals surface area contributed by atoms with E-state index < -0.39 is 0 Å². The molecule has 1 heterocycles. The van der Waals surface area contributed by atoms with Gasteiger partial charge in [0.2, 0.25) is 0 Å². The Morgan fingerprint density at radius 2 is 1.94 bits per heavy atom. The van der Waals surface area contributed by atoms with Crippen molar-refractivity contribution < 1.29 is 0 Å². The third-order valence-electron chi connectivity index (χ3n) is 3.38. The van der Waals surface area contributed by atoms with Gasteiger partial charge in [0, 0.05) is 0 Å². The smallest absolute Gasteiger partial charge is 0.176 e. The molecule has 0 saturated carbocycles. The highest BCUT2D eigenvalue weighted by molar-refractivity contribution is 5.35. The molecular weight excluding hydrogens is 226 g/mol. The van der Waals surface area contributed by atoms with Crippen molar-refractivity contribution in [1.29, 1.82) is 0 Å². The standard InChI is InChI=1S/C13H19N5/c1-10-7-6-8-11(9-10)18-12(14-15-16-18)13(2,3)17(4)5/h6-9H,1-5H3. The molecule has 96 valence electrons. The molecule has 2 rings (SSSR count). The van der Waals surface area contributed by atoms with Gasteiger partial charge in [-0.3, -0.25) is 4.90 Å². The topological polar surface area (TPSA) is 46.8 Å². The molecular formula is C13H19N5. The van der Waals surface area contributed by atoms with Crippen LogP contribution in [-0.2, 0) is 5.54 Å². The molecule has 0 aliphatic carbocycles. The fraction of sp³-hybridized carbons (Fsp3) is 0.462. The van der Waals surface area contributed by atoms with Crippen LogP contribution in [-0.4, -0.2) is 39.2 Å². The number of benzene rings is 1. The third kappa shape index (κ3) is 2.13. The van der Waals surface area contributed by atoms with Gasteiger partial charge < -0.3 is 0 Å². The van der Waals surface area contributed by atoms with E-state index in [-0.39, 0.29) is 5.54 Å². The molecule has 2 aromatic rings. The van der Waals surface area contributed by atoms with E-state index in [0.29, 0.717) is 0 Å². The van der Waals surface area contributed by atoms with Crippen LogP contribution in [0.25, 0.3) is 5.69 Å². The van der Waals surface area contributed by atoms with E-state index in [9.17, 15) is 0 Å². The van der Waals surface area contributed by atoms with E-state index in [0.717, 1.165) is 11.5 Å². The van der Waals surface area contributed by atoms with Gasteiger partial charge in [0.25, 0.3) is 0 Å². The van der Waals surface area contributed by atoms with Crippen LogP contribution in [0, 0.1) is 6.92 Å². The molecule has 0 bridgehead atoms. The molecule has 0 aliphatic rings. The molecule has 5 heteroatoms. The van der Waals surface area contributed by atoms with E-state index in [1.807, 2.05) is 26.2 Å². The fourth-order valence-electron chi connectivity index (χ4n) is 1.70. The van der Waals surface area contributed by atoms with Gasteiger partial charge in [0.05, 0.1) is 11.2 Å². The maximum Gasteiger partial charge on any atom is 0.176 e. The van der Waals surface area contributed by atoms with Crippen molar-refractivity contribution >= 4 is 0 Å². The number of rotatable bonds is 3. The summed E-state index contributed by atoms with van der Waals surface area (Å²) in [7, 11) is 4.05. The highest BCUT2D eigenvalue weighted by Crippen LogP contribution is 2.24. The first-order valence-corrected chi connectivity index (χ1v) is 5.96. The molecule has 0 fully saturated rings. The van der Waals surface area contributed by atoms with E-state index in [2.05, 4.69) is 53.3 Å². The summed E-state index contributed by atoms with van der Waals surface area (Å²) in [6, 6.07) is 8.16. The Balaban J connectivity index is 2.52. The summed E-state index contributed by atoms with van der Waals surface area (Å²) in [5, 5.41) is 12.1. The van der Waals surface area contributed by atoms with Gasteiger partial charge in [-0.1, -0.05) is 12.1 Å². The summed E-state index contributed by atoms with van der Waals surface area (Å²) in [4.78, 5) is 2.10. The molecule has 0 saturated heterocycles. The van der Waals surface area contributed by atoms with E-state index in [1.165, 1.54) is 5.56 Å². The normalized spacial score (nSPS) is 12.1. The average Bonchev–Trinajstić information content (AvgIpc) is 2.78. The number of tetrazole rings is 1. The maximum absolute atomic E-state index is 4.18. The lowest BCUT2D eigenvalue weighted by atomic mass is 10.0. The Kier molecular flexibility index (Phi) is 3.17. The van der Waals surface area contributed by atoms with Gasteiger partial charge in [-0.05, 0) is 63.0 Å². The highest BCUT2D eigenvalue weighted by atomic mass is 15.6. The summed E-state index contributed by atoms with van der Waals surface area (Å²) in [5.41, 5.74) is 1.95. The molecule has 0 amide bonds. The van der Waals surface area contributed by atoms with Crippen LogP contribution >= 0.6 is 0 Å². The monoisotopic (exact) mass is 245 g/mol. The van der Waals surface area contributed by atoms with Crippen molar-refractivity contribution in [1.82, 2.24) is 25.1 Å². The van der Waals surface area contributed by atoms with Crippen molar-refractivity contribution in [2.24, 2.45) is 0 Å². The zero-order valence-corrected chi connectivity index (χ0v) is 11.5. The van der Waals surface area contributed by atoms with Crippen LogP contribution < -0.4 is 0 Å². The average molecular weight is 245 g/mol. The number of hydrogen-bond acceptors (Lipinski definition) is 4. The van der Waals surface area contributed by atoms with Crippen molar-refractivity contribution in [2.75, 3.05) is 14.1 Å². The van der Waals surface area contributed by atoms with Gasteiger partial charge in [-0.15, -0.1) is 5.10 Å². The number of hydrogen-bond donors (Lipinski definition) is 0. The van der Waals surface area contributed by atoms with E-state index in [4.69, 9.17) is 0 Å². The predicted molar refractivity (Wildman–Crippen MR) is 70.6 cm³/mol.